The lowest BCUT2D eigenvalue weighted by Gasteiger charge is -2.22. The molecule has 0 saturated carbocycles. The van der Waals surface area contributed by atoms with E-state index in [1.807, 2.05) is 0 Å². The standard InChI is InChI=1S/C18H21F3N4O4/c19-18(20,21)17-24-15(25-29-17)12-5-7-13(8-6-12)16(26)22-9-3-10-23-28-14-4-1-2-11-27-14/h5-8,14,23H,1-4,9-11H2,(H,22,26). The van der Waals surface area contributed by atoms with Crippen LogP contribution in [0, 0.1) is 0 Å². The minimum absolute atomic E-state index is 0.197. The van der Waals surface area contributed by atoms with Crippen molar-refractivity contribution in [2.24, 2.45) is 0 Å². The maximum Gasteiger partial charge on any atom is 0.471 e. The second-order valence-corrected chi connectivity index (χ2v) is 6.42. The average Bonchev–Trinajstić information content (AvgIpc) is 3.22. The maximum atomic E-state index is 12.5. The van der Waals surface area contributed by atoms with Gasteiger partial charge in [-0.15, -0.1) is 0 Å². The van der Waals surface area contributed by atoms with Gasteiger partial charge in [0.1, 0.15) is 0 Å². The minimum Gasteiger partial charge on any atom is -0.352 e. The summed E-state index contributed by atoms with van der Waals surface area (Å²) >= 11 is 0. The zero-order valence-electron chi connectivity index (χ0n) is 15.5. The summed E-state index contributed by atoms with van der Waals surface area (Å²) in [7, 11) is 0. The molecule has 2 N–H and O–H groups in total. The second kappa shape index (κ2) is 9.81. The first kappa shape index (κ1) is 21.2. The molecule has 1 fully saturated rings. The molecule has 0 aliphatic carbocycles. The molecule has 1 saturated heterocycles. The average molecular weight is 414 g/mol. The van der Waals surface area contributed by atoms with Gasteiger partial charge in [0.25, 0.3) is 5.91 Å². The number of hydroxylamine groups is 1. The Bertz CT molecular complexity index is 789. The van der Waals surface area contributed by atoms with Crippen molar-refractivity contribution >= 4 is 5.91 Å². The molecular formula is C18H21F3N4O4. The molecule has 1 unspecified atom stereocenters. The maximum absolute atomic E-state index is 12.5. The molecule has 3 rings (SSSR count). The van der Waals surface area contributed by atoms with E-state index in [1.54, 1.807) is 0 Å². The van der Waals surface area contributed by atoms with Crippen LogP contribution in [-0.2, 0) is 15.8 Å². The number of alkyl halides is 3. The van der Waals surface area contributed by atoms with Gasteiger partial charge in [-0.05, 0) is 31.4 Å². The van der Waals surface area contributed by atoms with E-state index in [-0.39, 0.29) is 18.0 Å². The Labute approximate surface area is 164 Å². The van der Waals surface area contributed by atoms with Crippen LogP contribution in [0.5, 0.6) is 0 Å². The molecule has 1 aliphatic rings. The highest BCUT2D eigenvalue weighted by molar-refractivity contribution is 5.94. The monoisotopic (exact) mass is 414 g/mol. The summed E-state index contributed by atoms with van der Waals surface area (Å²) in [6.07, 6.45) is -1.27. The molecule has 2 aromatic rings. The molecule has 0 spiro atoms. The first-order valence-electron chi connectivity index (χ1n) is 9.23. The van der Waals surface area contributed by atoms with E-state index in [0.29, 0.717) is 37.2 Å². The van der Waals surface area contributed by atoms with Crippen LogP contribution < -0.4 is 10.8 Å². The van der Waals surface area contributed by atoms with Crippen molar-refractivity contribution in [3.05, 3.63) is 35.7 Å². The lowest BCUT2D eigenvalue weighted by atomic mass is 10.1. The van der Waals surface area contributed by atoms with E-state index >= 15 is 0 Å². The fraction of sp³-hybridized carbons (Fsp3) is 0.500. The number of benzene rings is 1. The van der Waals surface area contributed by atoms with Crippen LogP contribution in [0.25, 0.3) is 11.4 Å². The fourth-order valence-corrected chi connectivity index (χ4v) is 2.65. The number of hydrogen-bond donors (Lipinski definition) is 2. The number of nitrogens with zero attached hydrogens (tertiary/aromatic N) is 2. The molecule has 2 heterocycles. The molecule has 0 radical (unpaired) electrons. The van der Waals surface area contributed by atoms with Crippen LogP contribution >= 0.6 is 0 Å². The summed E-state index contributed by atoms with van der Waals surface area (Å²) in [4.78, 5) is 20.8. The largest absolute Gasteiger partial charge is 0.471 e. The quantitative estimate of drug-likeness (QED) is 0.506. The molecule has 0 bridgehead atoms. The minimum atomic E-state index is -4.70. The van der Waals surface area contributed by atoms with Crippen LogP contribution in [0.15, 0.2) is 28.8 Å². The lowest BCUT2D eigenvalue weighted by Crippen LogP contribution is -2.31. The van der Waals surface area contributed by atoms with Crippen molar-refractivity contribution in [3.8, 4) is 11.4 Å². The molecule has 1 aliphatic heterocycles. The van der Waals surface area contributed by atoms with E-state index in [9.17, 15) is 18.0 Å². The Kier molecular flexibility index (Phi) is 7.18. The Morgan fingerprint density at radius 1 is 1.21 bits per heavy atom. The van der Waals surface area contributed by atoms with Gasteiger partial charge in [0, 0.05) is 37.2 Å². The van der Waals surface area contributed by atoms with Crippen molar-refractivity contribution in [1.29, 1.82) is 0 Å². The highest BCUT2D eigenvalue weighted by Crippen LogP contribution is 2.29. The van der Waals surface area contributed by atoms with Crippen LogP contribution in [0.2, 0.25) is 0 Å². The molecule has 11 heteroatoms. The van der Waals surface area contributed by atoms with Gasteiger partial charge in [0.15, 0.2) is 6.29 Å². The third kappa shape index (κ3) is 6.24. The van der Waals surface area contributed by atoms with Gasteiger partial charge in [0.2, 0.25) is 5.82 Å². The molecule has 8 nitrogen and oxygen atoms in total. The molecule has 1 aromatic heterocycles. The SMILES string of the molecule is O=C(NCCCNOC1CCCCO1)c1ccc(-c2noc(C(F)(F)F)n2)cc1. The molecule has 158 valence electrons. The number of nitrogens with one attached hydrogen (secondary N) is 2. The first-order valence-corrected chi connectivity index (χ1v) is 9.23. The van der Waals surface area contributed by atoms with E-state index < -0.39 is 12.1 Å². The number of rotatable bonds is 8. The summed E-state index contributed by atoms with van der Waals surface area (Å²) in [5.41, 5.74) is 3.51. The number of hydrogen-bond acceptors (Lipinski definition) is 7. The molecule has 1 amide bonds. The molecule has 1 aromatic carbocycles. The molecule has 29 heavy (non-hydrogen) atoms. The van der Waals surface area contributed by atoms with E-state index in [2.05, 4.69) is 25.5 Å². The van der Waals surface area contributed by atoms with Crippen LogP contribution in [-0.4, -0.2) is 42.0 Å². The Morgan fingerprint density at radius 3 is 2.66 bits per heavy atom. The summed E-state index contributed by atoms with van der Waals surface area (Å²) < 4.78 is 47.1. The number of amides is 1. The predicted molar refractivity (Wildman–Crippen MR) is 94.4 cm³/mol. The zero-order chi connectivity index (χ0) is 20.7. The number of carbonyl (C=O) groups is 1. The summed E-state index contributed by atoms with van der Waals surface area (Å²) in [6.45, 7) is 1.69. The highest BCUT2D eigenvalue weighted by Gasteiger charge is 2.38. The van der Waals surface area contributed by atoms with Gasteiger partial charge in [-0.2, -0.15) is 23.6 Å². The number of ether oxygens (including phenoxy) is 1. The third-order valence-electron chi connectivity index (χ3n) is 4.17. The van der Waals surface area contributed by atoms with Crippen LogP contribution in [0.3, 0.4) is 0 Å². The van der Waals surface area contributed by atoms with E-state index in [0.717, 1.165) is 19.3 Å². The lowest BCUT2D eigenvalue weighted by molar-refractivity contribution is -0.196. The summed E-state index contributed by atoms with van der Waals surface area (Å²) in [5, 5.41) is 6.06. The third-order valence-corrected chi connectivity index (χ3v) is 4.17. The van der Waals surface area contributed by atoms with E-state index in [1.165, 1.54) is 24.3 Å². The Balaban J connectivity index is 1.39. The number of carbonyl (C=O) groups excluding carboxylic acids is 1. The van der Waals surface area contributed by atoms with E-state index in [4.69, 9.17) is 9.57 Å². The van der Waals surface area contributed by atoms with Crippen molar-refractivity contribution in [1.82, 2.24) is 20.9 Å². The normalized spacial score (nSPS) is 17.3. The van der Waals surface area contributed by atoms with Crippen molar-refractivity contribution in [3.63, 3.8) is 0 Å². The first-order chi connectivity index (χ1) is 13.9. The van der Waals surface area contributed by atoms with Gasteiger partial charge >= 0.3 is 12.1 Å². The summed E-state index contributed by atoms with van der Waals surface area (Å²) in [6, 6.07) is 5.88. The van der Waals surface area contributed by atoms with Crippen LogP contribution in [0.4, 0.5) is 13.2 Å². The van der Waals surface area contributed by atoms with Gasteiger partial charge < -0.3 is 14.6 Å². The highest BCUT2D eigenvalue weighted by atomic mass is 19.4. The van der Waals surface area contributed by atoms with Gasteiger partial charge in [0.05, 0.1) is 0 Å². The Morgan fingerprint density at radius 2 is 2.00 bits per heavy atom. The Hall–Kier alpha value is -2.50. The summed E-state index contributed by atoms with van der Waals surface area (Å²) in [5.74, 6) is -1.91. The van der Waals surface area contributed by atoms with Gasteiger partial charge in [-0.1, -0.05) is 17.3 Å². The second-order valence-electron chi connectivity index (χ2n) is 6.42. The molecular weight excluding hydrogens is 393 g/mol. The zero-order valence-corrected chi connectivity index (χ0v) is 15.5. The predicted octanol–water partition coefficient (Wildman–Crippen LogP) is 2.92. The van der Waals surface area contributed by atoms with Gasteiger partial charge in [-0.25, -0.2) is 0 Å². The van der Waals surface area contributed by atoms with Crippen molar-refractivity contribution < 1.29 is 32.1 Å². The van der Waals surface area contributed by atoms with Crippen LogP contribution in [0.1, 0.15) is 41.9 Å². The number of aromatic nitrogens is 2. The fourth-order valence-electron chi connectivity index (χ4n) is 2.65. The van der Waals surface area contributed by atoms with Gasteiger partial charge in [-0.3, -0.25) is 9.63 Å². The number of halogens is 3. The topological polar surface area (TPSA) is 98.5 Å². The van der Waals surface area contributed by atoms with Crippen molar-refractivity contribution in [2.75, 3.05) is 19.7 Å². The van der Waals surface area contributed by atoms with Crippen molar-refractivity contribution in [2.45, 2.75) is 38.1 Å². The smallest absolute Gasteiger partial charge is 0.352 e. The molecule has 1 atom stereocenters.